The van der Waals surface area contributed by atoms with Crippen molar-refractivity contribution in [3.8, 4) is 0 Å². The van der Waals surface area contributed by atoms with E-state index in [1.165, 1.54) is 0 Å². The van der Waals surface area contributed by atoms with Gasteiger partial charge in [0, 0.05) is 11.0 Å². The molecule has 0 aliphatic rings. The fraction of sp³-hybridized carbons (Fsp3) is 0.750. The van der Waals surface area contributed by atoms with Gasteiger partial charge in [0.25, 0.3) is 0 Å². The molecule has 0 saturated heterocycles. The molecule has 1 rings (SSSR count). The zero-order chi connectivity index (χ0) is 12.0. The van der Waals surface area contributed by atoms with Gasteiger partial charge >= 0.3 is 0 Å². The van der Waals surface area contributed by atoms with E-state index in [2.05, 4.69) is 51.1 Å². The summed E-state index contributed by atoms with van der Waals surface area (Å²) in [5, 5.41) is 0. The molecule has 1 aromatic heterocycles. The van der Waals surface area contributed by atoms with Crippen LogP contribution < -0.4 is 5.73 Å². The van der Waals surface area contributed by atoms with Crippen molar-refractivity contribution in [3.63, 3.8) is 0 Å². The zero-order valence-electron chi connectivity index (χ0n) is 11.0. The smallest absolute Gasteiger partial charge is 0.127 e. The van der Waals surface area contributed by atoms with Crippen molar-refractivity contribution >= 4 is 5.82 Å². The van der Waals surface area contributed by atoms with Crippen molar-refractivity contribution in [1.29, 1.82) is 0 Å². The number of nitrogens with two attached hydrogens (primary N) is 1. The van der Waals surface area contributed by atoms with Crippen LogP contribution in [0.5, 0.6) is 0 Å². The summed E-state index contributed by atoms with van der Waals surface area (Å²) >= 11 is 0. The Balaban J connectivity index is 3.48. The van der Waals surface area contributed by atoms with Crippen molar-refractivity contribution in [3.05, 3.63) is 11.5 Å². The number of aryl methyl sites for hydroxylation is 1. The van der Waals surface area contributed by atoms with Crippen molar-refractivity contribution in [2.75, 3.05) is 5.73 Å². The standard InChI is InChI=1S/C12H23N3/c1-8-9(13)15(12(5,6)7)10(14-8)11(2,3)4/h13H2,1-7H3. The fourth-order valence-corrected chi connectivity index (χ4v) is 1.72. The maximum Gasteiger partial charge on any atom is 0.127 e. The summed E-state index contributed by atoms with van der Waals surface area (Å²) < 4.78 is 2.14. The first-order valence-corrected chi connectivity index (χ1v) is 5.41. The molecular formula is C12H23N3. The third-order valence-corrected chi connectivity index (χ3v) is 2.44. The molecule has 3 heteroatoms. The van der Waals surface area contributed by atoms with E-state index in [0.29, 0.717) is 0 Å². The third kappa shape index (κ3) is 2.16. The molecule has 0 fully saturated rings. The lowest BCUT2D eigenvalue weighted by Gasteiger charge is -2.29. The number of anilines is 1. The normalized spacial score (nSPS) is 13.3. The Hall–Kier alpha value is -0.990. The van der Waals surface area contributed by atoms with Crippen LogP contribution in [0.3, 0.4) is 0 Å². The predicted molar refractivity (Wildman–Crippen MR) is 65.1 cm³/mol. The molecule has 0 spiro atoms. The van der Waals surface area contributed by atoms with Crippen LogP contribution in [0.15, 0.2) is 0 Å². The molecule has 0 aliphatic heterocycles. The van der Waals surface area contributed by atoms with Crippen LogP contribution in [0, 0.1) is 6.92 Å². The zero-order valence-corrected chi connectivity index (χ0v) is 11.0. The molecule has 86 valence electrons. The molecule has 0 saturated carbocycles. The molecule has 0 amide bonds. The molecule has 1 aromatic rings. The summed E-state index contributed by atoms with van der Waals surface area (Å²) in [4.78, 5) is 4.59. The molecule has 0 aromatic carbocycles. The minimum atomic E-state index is -0.0199. The second kappa shape index (κ2) is 3.26. The molecule has 3 nitrogen and oxygen atoms in total. The van der Waals surface area contributed by atoms with Gasteiger partial charge in [0.1, 0.15) is 11.6 Å². The van der Waals surface area contributed by atoms with E-state index in [-0.39, 0.29) is 11.0 Å². The van der Waals surface area contributed by atoms with E-state index in [1.54, 1.807) is 0 Å². The highest BCUT2D eigenvalue weighted by Crippen LogP contribution is 2.31. The Bertz CT molecular complexity index is 361. The van der Waals surface area contributed by atoms with Gasteiger partial charge in [-0.2, -0.15) is 0 Å². The number of nitrogen functional groups attached to an aromatic ring is 1. The van der Waals surface area contributed by atoms with Crippen LogP contribution in [0.4, 0.5) is 5.82 Å². The first-order chi connectivity index (χ1) is 6.55. The monoisotopic (exact) mass is 209 g/mol. The van der Waals surface area contributed by atoms with E-state index in [9.17, 15) is 0 Å². The summed E-state index contributed by atoms with van der Waals surface area (Å²) in [7, 11) is 0. The molecule has 0 radical (unpaired) electrons. The molecule has 15 heavy (non-hydrogen) atoms. The molecule has 2 N–H and O–H groups in total. The molecule has 0 atom stereocenters. The average molecular weight is 209 g/mol. The van der Waals surface area contributed by atoms with Gasteiger partial charge in [-0.1, -0.05) is 20.8 Å². The second-order valence-electron chi connectivity index (χ2n) is 6.16. The number of aromatic nitrogens is 2. The minimum Gasteiger partial charge on any atom is -0.384 e. The van der Waals surface area contributed by atoms with Gasteiger partial charge < -0.3 is 10.3 Å². The summed E-state index contributed by atoms with van der Waals surface area (Å²) in [6.07, 6.45) is 0. The van der Waals surface area contributed by atoms with E-state index in [4.69, 9.17) is 5.73 Å². The molecule has 1 heterocycles. The number of hydrogen-bond donors (Lipinski definition) is 1. The molecule has 0 aliphatic carbocycles. The lowest BCUT2D eigenvalue weighted by molar-refractivity contribution is 0.359. The number of imidazole rings is 1. The van der Waals surface area contributed by atoms with Gasteiger partial charge in [-0.3, -0.25) is 0 Å². The van der Waals surface area contributed by atoms with Crippen molar-refractivity contribution in [2.24, 2.45) is 0 Å². The van der Waals surface area contributed by atoms with Gasteiger partial charge in [-0.15, -0.1) is 0 Å². The summed E-state index contributed by atoms with van der Waals surface area (Å²) in [6.45, 7) is 14.9. The SMILES string of the molecule is Cc1nc(C(C)(C)C)n(C(C)(C)C)c1N. The molecule has 0 unspecified atom stereocenters. The quantitative estimate of drug-likeness (QED) is 0.714. The van der Waals surface area contributed by atoms with Crippen LogP contribution in [0.2, 0.25) is 0 Å². The first-order valence-electron chi connectivity index (χ1n) is 5.41. The number of nitrogens with zero attached hydrogens (tertiary/aromatic N) is 2. The third-order valence-electron chi connectivity index (χ3n) is 2.44. The average Bonchev–Trinajstić information content (AvgIpc) is 2.25. The Morgan fingerprint density at radius 3 is 1.80 bits per heavy atom. The predicted octanol–water partition coefficient (Wildman–Crippen LogP) is 2.83. The van der Waals surface area contributed by atoms with Crippen molar-refractivity contribution in [2.45, 2.75) is 59.4 Å². The summed E-state index contributed by atoms with van der Waals surface area (Å²) in [5.41, 5.74) is 7.02. The lowest BCUT2D eigenvalue weighted by atomic mass is 9.94. The highest BCUT2D eigenvalue weighted by Gasteiger charge is 2.29. The van der Waals surface area contributed by atoms with E-state index in [1.807, 2.05) is 6.92 Å². The Morgan fingerprint density at radius 1 is 1.07 bits per heavy atom. The Labute approximate surface area is 92.7 Å². The van der Waals surface area contributed by atoms with Gasteiger partial charge in [0.2, 0.25) is 0 Å². The van der Waals surface area contributed by atoms with E-state index >= 15 is 0 Å². The maximum atomic E-state index is 6.09. The Kier molecular flexibility index (Phi) is 2.62. The van der Waals surface area contributed by atoms with Gasteiger partial charge in [0.15, 0.2) is 0 Å². The van der Waals surface area contributed by atoms with E-state index in [0.717, 1.165) is 17.3 Å². The summed E-state index contributed by atoms with van der Waals surface area (Å²) in [6, 6.07) is 0. The Morgan fingerprint density at radius 2 is 1.53 bits per heavy atom. The molecule has 0 bridgehead atoms. The van der Waals surface area contributed by atoms with E-state index < -0.39 is 0 Å². The highest BCUT2D eigenvalue weighted by molar-refractivity contribution is 5.40. The maximum absolute atomic E-state index is 6.09. The fourth-order valence-electron chi connectivity index (χ4n) is 1.72. The largest absolute Gasteiger partial charge is 0.384 e. The first kappa shape index (κ1) is 12.1. The summed E-state index contributed by atoms with van der Waals surface area (Å²) in [5.74, 6) is 1.84. The van der Waals surface area contributed by atoms with Gasteiger partial charge in [-0.25, -0.2) is 4.98 Å². The van der Waals surface area contributed by atoms with Crippen molar-refractivity contribution in [1.82, 2.24) is 9.55 Å². The van der Waals surface area contributed by atoms with Crippen LogP contribution in [0.1, 0.15) is 53.1 Å². The number of rotatable bonds is 0. The lowest BCUT2D eigenvalue weighted by Crippen LogP contribution is -2.30. The van der Waals surface area contributed by atoms with Gasteiger partial charge in [0.05, 0.1) is 5.69 Å². The number of hydrogen-bond acceptors (Lipinski definition) is 2. The van der Waals surface area contributed by atoms with Crippen LogP contribution in [-0.4, -0.2) is 9.55 Å². The second-order valence-corrected chi connectivity index (χ2v) is 6.16. The highest BCUT2D eigenvalue weighted by atomic mass is 15.2. The topological polar surface area (TPSA) is 43.8 Å². The van der Waals surface area contributed by atoms with Crippen LogP contribution in [-0.2, 0) is 11.0 Å². The van der Waals surface area contributed by atoms with Crippen LogP contribution >= 0.6 is 0 Å². The van der Waals surface area contributed by atoms with Crippen molar-refractivity contribution < 1.29 is 0 Å². The van der Waals surface area contributed by atoms with Crippen LogP contribution in [0.25, 0.3) is 0 Å². The molecular weight excluding hydrogens is 186 g/mol. The minimum absolute atomic E-state index is 0.0199. The van der Waals surface area contributed by atoms with Gasteiger partial charge in [-0.05, 0) is 27.7 Å².